The second-order valence-electron chi connectivity index (χ2n) is 3.79. The Morgan fingerprint density at radius 1 is 1.37 bits per heavy atom. The number of amides is 1. The lowest BCUT2D eigenvalue weighted by molar-refractivity contribution is -0.142. The number of benzene rings is 1. The van der Waals surface area contributed by atoms with E-state index >= 15 is 0 Å². The Bertz CT molecular complexity index is 527. The van der Waals surface area contributed by atoms with E-state index in [1.165, 1.54) is 6.08 Å². The molecule has 0 bridgehead atoms. The Morgan fingerprint density at radius 2 is 2.00 bits per heavy atom. The summed E-state index contributed by atoms with van der Waals surface area (Å²) < 4.78 is 0. The van der Waals surface area contributed by atoms with Crippen molar-refractivity contribution in [3.05, 3.63) is 35.9 Å². The van der Waals surface area contributed by atoms with Crippen molar-refractivity contribution in [3.8, 4) is 12.3 Å². The Hall–Kier alpha value is -2.74. The smallest absolute Gasteiger partial charge is 0.323 e. The third-order valence-electron chi connectivity index (χ3n) is 2.27. The molecule has 0 spiro atoms. The zero-order chi connectivity index (χ0) is 14.3. The first-order chi connectivity index (χ1) is 9.02. The number of aliphatic carboxylic acids is 1. The number of nitrogen functional groups attached to an aromatic ring is 1. The lowest BCUT2D eigenvalue weighted by atomic mass is 10.2. The molecule has 0 atom stereocenters. The number of carbonyl (C=O) groups excluding carboxylic acids is 1. The second kappa shape index (κ2) is 6.87. The Labute approximate surface area is 111 Å². The molecule has 1 aromatic carbocycles. The number of terminal acetylenes is 1. The number of nitrogens with two attached hydrogens (primary N) is 1. The fourth-order valence-electron chi connectivity index (χ4n) is 1.37. The normalized spacial score (nSPS) is 10.1. The summed E-state index contributed by atoms with van der Waals surface area (Å²) in [6.07, 6.45) is 7.95. The van der Waals surface area contributed by atoms with Gasteiger partial charge in [0, 0.05) is 11.8 Å². The fourth-order valence-corrected chi connectivity index (χ4v) is 1.37. The SMILES string of the molecule is C#CCN(CC(=O)O)C(=O)/C=C/c1ccc(N)cc1. The molecule has 0 fully saturated rings. The van der Waals surface area contributed by atoms with E-state index in [9.17, 15) is 9.59 Å². The van der Waals surface area contributed by atoms with Gasteiger partial charge in [-0.1, -0.05) is 18.1 Å². The minimum atomic E-state index is -1.11. The van der Waals surface area contributed by atoms with Crippen LogP contribution in [0.5, 0.6) is 0 Å². The molecule has 0 aliphatic carbocycles. The molecule has 5 nitrogen and oxygen atoms in total. The summed E-state index contributed by atoms with van der Waals surface area (Å²) in [6, 6.07) is 6.92. The van der Waals surface area contributed by atoms with Gasteiger partial charge in [0.2, 0.25) is 5.91 Å². The molecule has 0 aliphatic heterocycles. The lowest BCUT2D eigenvalue weighted by Crippen LogP contribution is -2.34. The van der Waals surface area contributed by atoms with Gasteiger partial charge >= 0.3 is 5.97 Å². The van der Waals surface area contributed by atoms with Gasteiger partial charge in [-0.05, 0) is 23.8 Å². The predicted octanol–water partition coefficient (Wildman–Crippen LogP) is 0.828. The summed E-state index contributed by atoms with van der Waals surface area (Å²) in [6.45, 7) is -0.466. The van der Waals surface area contributed by atoms with Crippen LogP contribution in [0.1, 0.15) is 5.56 Å². The number of nitrogens with zero attached hydrogens (tertiary/aromatic N) is 1. The molecule has 0 aliphatic rings. The van der Waals surface area contributed by atoms with Crippen molar-refractivity contribution in [2.24, 2.45) is 0 Å². The second-order valence-corrected chi connectivity index (χ2v) is 3.79. The number of hydrogen-bond donors (Lipinski definition) is 2. The van der Waals surface area contributed by atoms with Gasteiger partial charge < -0.3 is 15.7 Å². The third kappa shape index (κ3) is 4.96. The van der Waals surface area contributed by atoms with E-state index in [1.54, 1.807) is 30.3 Å². The first kappa shape index (κ1) is 14.3. The molecule has 0 unspecified atom stereocenters. The third-order valence-corrected chi connectivity index (χ3v) is 2.27. The summed E-state index contributed by atoms with van der Waals surface area (Å²) in [5.74, 6) is 0.697. The van der Waals surface area contributed by atoms with Crippen molar-refractivity contribution in [1.82, 2.24) is 4.90 Å². The van der Waals surface area contributed by atoms with Crippen LogP contribution >= 0.6 is 0 Å². The molecule has 0 heterocycles. The van der Waals surface area contributed by atoms with Crippen LogP contribution in [0.15, 0.2) is 30.3 Å². The maximum atomic E-state index is 11.8. The Balaban J connectivity index is 2.73. The number of anilines is 1. The van der Waals surface area contributed by atoms with E-state index in [1.807, 2.05) is 0 Å². The average Bonchev–Trinajstić information content (AvgIpc) is 2.37. The monoisotopic (exact) mass is 258 g/mol. The molecule has 3 N–H and O–H groups in total. The molecule has 0 saturated carbocycles. The number of carboxylic acid groups (broad SMARTS) is 1. The van der Waals surface area contributed by atoms with Gasteiger partial charge in [0.15, 0.2) is 0 Å². The van der Waals surface area contributed by atoms with Crippen LogP contribution < -0.4 is 5.73 Å². The van der Waals surface area contributed by atoms with Crippen LogP contribution in [-0.4, -0.2) is 35.0 Å². The summed E-state index contributed by atoms with van der Waals surface area (Å²) in [4.78, 5) is 23.4. The average molecular weight is 258 g/mol. The van der Waals surface area contributed by atoms with Crippen LogP contribution in [0.4, 0.5) is 5.69 Å². The van der Waals surface area contributed by atoms with Crippen LogP contribution in [0.2, 0.25) is 0 Å². The zero-order valence-electron chi connectivity index (χ0n) is 10.2. The van der Waals surface area contributed by atoms with E-state index in [2.05, 4.69) is 5.92 Å². The van der Waals surface area contributed by atoms with Crippen molar-refractivity contribution in [2.75, 3.05) is 18.8 Å². The summed E-state index contributed by atoms with van der Waals surface area (Å²) >= 11 is 0. The molecule has 5 heteroatoms. The van der Waals surface area contributed by atoms with Crippen molar-refractivity contribution in [2.45, 2.75) is 0 Å². The number of hydrogen-bond acceptors (Lipinski definition) is 3. The number of carboxylic acids is 1. The first-order valence-electron chi connectivity index (χ1n) is 5.50. The molecular weight excluding hydrogens is 244 g/mol. The van der Waals surface area contributed by atoms with Gasteiger partial charge in [-0.2, -0.15) is 0 Å². The summed E-state index contributed by atoms with van der Waals surface area (Å²) in [7, 11) is 0. The summed E-state index contributed by atoms with van der Waals surface area (Å²) in [5.41, 5.74) is 6.96. The lowest BCUT2D eigenvalue weighted by Gasteiger charge is -2.15. The van der Waals surface area contributed by atoms with E-state index in [-0.39, 0.29) is 6.54 Å². The fraction of sp³-hybridized carbons (Fsp3) is 0.143. The highest BCUT2D eigenvalue weighted by atomic mass is 16.4. The van der Waals surface area contributed by atoms with E-state index < -0.39 is 18.4 Å². The molecule has 0 saturated heterocycles. The van der Waals surface area contributed by atoms with Crippen molar-refractivity contribution < 1.29 is 14.7 Å². The van der Waals surface area contributed by atoms with E-state index in [0.717, 1.165) is 10.5 Å². The van der Waals surface area contributed by atoms with Gasteiger partial charge in [-0.15, -0.1) is 6.42 Å². The zero-order valence-corrected chi connectivity index (χ0v) is 10.2. The molecule has 1 rings (SSSR count). The predicted molar refractivity (Wildman–Crippen MR) is 72.9 cm³/mol. The van der Waals surface area contributed by atoms with E-state index in [0.29, 0.717) is 5.69 Å². The Morgan fingerprint density at radius 3 is 2.53 bits per heavy atom. The largest absolute Gasteiger partial charge is 0.480 e. The highest BCUT2D eigenvalue weighted by Gasteiger charge is 2.12. The maximum absolute atomic E-state index is 11.8. The van der Waals surface area contributed by atoms with Gasteiger partial charge in [0.05, 0.1) is 6.54 Å². The molecule has 1 amide bonds. The Kier molecular flexibility index (Phi) is 5.17. The van der Waals surface area contributed by atoms with Crippen molar-refractivity contribution in [1.29, 1.82) is 0 Å². The molecule has 0 aromatic heterocycles. The van der Waals surface area contributed by atoms with Gasteiger partial charge in [-0.3, -0.25) is 9.59 Å². The van der Waals surface area contributed by atoms with Crippen LogP contribution in [0.3, 0.4) is 0 Å². The van der Waals surface area contributed by atoms with Crippen LogP contribution in [0, 0.1) is 12.3 Å². The minimum absolute atomic E-state index is 0.0444. The summed E-state index contributed by atoms with van der Waals surface area (Å²) in [5, 5.41) is 8.67. The standard InChI is InChI=1S/C14H14N2O3/c1-2-9-16(10-14(18)19)13(17)8-5-11-3-6-12(15)7-4-11/h1,3-8H,9-10,15H2,(H,18,19)/b8-5+. The topological polar surface area (TPSA) is 83.6 Å². The quantitative estimate of drug-likeness (QED) is 0.465. The number of carbonyl (C=O) groups is 2. The van der Waals surface area contributed by atoms with Gasteiger partial charge in [0.25, 0.3) is 0 Å². The minimum Gasteiger partial charge on any atom is -0.480 e. The van der Waals surface area contributed by atoms with E-state index in [4.69, 9.17) is 17.3 Å². The van der Waals surface area contributed by atoms with Crippen LogP contribution in [-0.2, 0) is 9.59 Å². The first-order valence-corrected chi connectivity index (χ1v) is 5.50. The van der Waals surface area contributed by atoms with Crippen molar-refractivity contribution >= 4 is 23.6 Å². The number of rotatable bonds is 5. The van der Waals surface area contributed by atoms with Crippen molar-refractivity contribution in [3.63, 3.8) is 0 Å². The molecule has 1 aromatic rings. The molecule has 98 valence electrons. The van der Waals surface area contributed by atoms with Gasteiger partial charge in [0.1, 0.15) is 6.54 Å². The van der Waals surface area contributed by atoms with Crippen LogP contribution in [0.25, 0.3) is 6.08 Å². The molecule has 19 heavy (non-hydrogen) atoms. The van der Waals surface area contributed by atoms with Gasteiger partial charge in [-0.25, -0.2) is 0 Å². The molecule has 0 radical (unpaired) electrons. The maximum Gasteiger partial charge on any atom is 0.323 e. The highest BCUT2D eigenvalue weighted by molar-refractivity contribution is 5.93. The molecular formula is C14H14N2O3. The highest BCUT2D eigenvalue weighted by Crippen LogP contribution is 2.07.